The first-order valence-corrected chi connectivity index (χ1v) is 5.86. The number of hydrogen-bond donors (Lipinski definition) is 1. The highest BCUT2D eigenvalue weighted by Gasteiger charge is 2.21. The standard InChI is InChI=1S/C13H8ClFN2O3/c14-8-2-1-3-10(6-8)16-13(18)11-5-4-9(15)7-12(11)17(19)20/h1-7H,(H,16,18). The van der Waals surface area contributed by atoms with Crippen LogP contribution in [0.3, 0.4) is 0 Å². The fraction of sp³-hybridized carbons (Fsp3) is 0. The van der Waals surface area contributed by atoms with Gasteiger partial charge in [0.05, 0.1) is 11.0 Å². The zero-order valence-electron chi connectivity index (χ0n) is 9.97. The molecule has 0 heterocycles. The van der Waals surface area contributed by atoms with E-state index in [1.807, 2.05) is 0 Å². The van der Waals surface area contributed by atoms with E-state index >= 15 is 0 Å². The highest BCUT2D eigenvalue weighted by molar-refractivity contribution is 6.31. The van der Waals surface area contributed by atoms with Crippen LogP contribution < -0.4 is 5.32 Å². The lowest BCUT2D eigenvalue weighted by molar-refractivity contribution is -0.385. The van der Waals surface area contributed by atoms with Crippen LogP contribution in [0.2, 0.25) is 5.02 Å². The largest absolute Gasteiger partial charge is 0.322 e. The average molecular weight is 295 g/mol. The Kier molecular flexibility index (Phi) is 3.95. The second kappa shape index (κ2) is 5.66. The number of hydrogen-bond acceptors (Lipinski definition) is 3. The van der Waals surface area contributed by atoms with Crippen molar-refractivity contribution in [1.82, 2.24) is 0 Å². The van der Waals surface area contributed by atoms with E-state index in [-0.39, 0.29) is 5.56 Å². The van der Waals surface area contributed by atoms with Crippen molar-refractivity contribution in [3.8, 4) is 0 Å². The molecule has 20 heavy (non-hydrogen) atoms. The molecule has 0 radical (unpaired) electrons. The summed E-state index contributed by atoms with van der Waals surface area (Å²) in [5.41, 5.74) is -0.429. The minimum atomic E-state index is -0.810. The molecule has 0 aliphatic heterocycles. The van der Waals surface area contributed by atoms with Gasteiger partial charge in [0.15, 0.2) is 0 Å². The normalized spacial score (nSPS) is 10.1. The van der Waals surface area contributed by atoms with Crippen LogP contribution in [0.4, 0.5) is 15.8 Å². The zero-order chi connectivity index (χ0) is 14.7. The maximum absolute atomic E-state index is 13.0. The summed E-state index contributed by atoms with van der Waals surface area (Å²) in [6, 6.07) is 9.07. The van der Waals surface area contributed by atoms with Crippen molar-refractivity contribution in [2.24, 2.45) is 0 Å². The van der Waals surface area contributed by atoms with E-state index in [1.54, 1.807) is 18.2 Å². The van der Waals surface area contributed by atoms with Gasteiger partial charge in [-0.25, -0.2) is 4.39 Å². The van der Waals surface area contributed by atoms with E-state index in [4.69, 9.17) is 11.6 Å². The van der Waals surface area contributed by atoms with Crippen molar-refractivity contribution in [1.29, 1.82) is 0 Å². The van der Waals surface area contributed by atoms with Crippen molar-refractivity contribution in [2.45, 2.75) is 0 Å². The van der Waals surface area contributed by atoms with Gasteiger partial charge in [0.25, 0.3) is 11.6 Å². The Labute approximate surface area is 118 Å². The molecule has 0 aromatic heterocycles. The lowest BCUT2D eigenvalue weighted by Crippen LogP contribution is -2.14. The van der Waals surface area contributed by atoms with Crippen molar-refractivity contribution < 1.29 is 14.1 Å². The predicted molar refractivity (Wildman–Crippen MR) is 72.5 cm³/mol. The Bertz CT molecular complexity index is 691. The molecule has 1 amide bonds. The smallest absolute Gasteiger partial charge is 0.285 e. The third kappa shape index (κ3) is 3.10. The summed E-state index contributed by atoms with van der Waals surface area (Å²) in [6.07, 6.45) is 0. The van der Waals surface area contributed by atoms with Gasteiger partial charge in [-0.2, -0.15) is 0 Å². The number of nitro benzene ring substituents is 1. The quantitative estimate of drug-likeness (QED) is 0.694. The fourth-order valence-corrected chi connectivity index (χ4v) is 1.80. The van der Waals surface area contributed by atoms with E-state index in [9.17, 15) is 19.3 Å². The molecule has 0 spiro atoms. The molecular formula is C13H8ClFN2O3. The highest BCUT2D eigenvalue weighted by atomic mass is 35.5. The molecule has 2 aromatic carbocycles. The molecule has 0 unspecified atom stereocenters. The van der Waals surface area contributed by atoms with Crippen LogP contribution >= 0.6 is 11.6 Å². The number of rotatable bonds is 3. The fourth-order valence-electron chi connectivity index (χ4n) is 1.61. The average Bonchev–Trinajstić information content (AvgIpc) is 2.38. The van der Waals surface area contributed by atoms with Crippen molar-refractivity contribution in [3.63, 3.8) is 0 Å². The molecule has 0 bridgehead atoms. The number of nitrogens with one attached hydrogen (secondary N) is 1. The second-order valence-corrected chi connectivity index (χ2v) is 4.32. The molecule has 0 saturated heterocycles. The van der Waals surface area contributed by atoms with Crippen molar-refractivity contribution in [3.05, 3.63) is 69.0 Å². The van der Waals surface area contributed by atoms with Gasteiger partial charge in [-0.1, -0.05) is 17.7 Å². The Morgan fingerprint density at radius 2 is 2.00 bits per heavy atom. The van der Waals surface area contributed by atoms with E-state index < -0.39 is 22.3 Å². The summed E-state index contributed by atoms with van der Waals surface area (Å²) >= 11 is 5.77. The highest BCUT2D eigenvalue weighted by Crippen LogP contribution is 2.22. The van der Waals surface area contributed by atoms with Crippen LogP contribution in [0.1, 0.15) is 10.4 Å². The van der Waals surface area contributed by atoms with Crippen molar-refractivity contribution in [2.75, 3.05) is 5.32 Å². The Hall–Kier alpha value is -2.47. The van der Waals surface area contributed by atoms with Crippen LogP contribution in [0, 0.1) is 15.9 Å². The van der Waals surface area contributed by atoms with Crippen LogP contribution in [0.15, 0.2) is 42.5 Å². The number of halogens is 2. The Balaban J connectivity index is 2.32. The maximum atomic E-state index is 13.0. The molecule has 0 atom stereocenters. The van der Waals surface area contributed by atoms with Gasteiger partial charge in [0.2, 0.25) is 0 Å². The number of carbonyl (C=O) groups excluding carboxylic acids is 1. The summed E-state index contributed by atoms with van der Waals surface area (Å²) in [5.74, 6) is -1.49. The van der Waals surface area contributed by atoms with E-state index in [0.29, 0.717) is 16.8 Å². The lowest BCUT2D eigenvalue weighted by atomic mass is 10.1. The van der Waals surface area contributed by atoms with Gasteiger partial charge in [0, 0.05) is 10.7 Å². The summed E-state index contributed by atoms with van der Waals surface area (Å²) in [4.78, 5) is 22.0. The first-order chi connectivity index (χ1) is 9.47. The summed E-state index contributed by atoms with van der Waals surface area (Å²) in [5, 5.41) is 13.7. The molecule has 102 valence electrons. The molecule has 0 aliphatic rings. The number of nitro groups is 1. The molecule has 0 saturated carbocycles. The van der Waals surface area contributed by atoms with E-state index in [2.05, 4.69) is 5.32 Å². The summed E-state index contributed by atoms with van der Waals surface area (Å²) in [6.45, 7) is 0. The van der Waals surface area contributed by atoms with Gasteiger partial charge in [0.1, 0.15) is 11.4 Å². The minimum absolute atomic E-state index is 0.226. The molecule has 7 heteroatoms. The Morgan fingerprint density at radius 3 is 2.65 bits per heavy atom. The lowest BCUT2D eigenvalue weighted by Gasteiger charge is -2.06. The van der Waals surface area contributed by atoms with Gasteiger partial charge >= 0.3 is 0 Å². The number of benzene rings is 2. The predicted octanol–water partition coefficient (Wildman–Crippen LogP) is 3.64. The molecule has 2 aromatic rings. The summed E-state index contributed by atoms with van der Waals surface area (Å²) in [7, 11) is 0. The number of amides is 1. The van der Waals surface area contributed by atoms with Gasteiger partial charge in [-0.15, -0.1) is 0 Å². The maximum Gasteiger partial charge on any atom is 0.285 e. The molecule has 5 nitrogen and oxygen atoms in total. The number of carbonyl (C=O) groups is 1. The molecule has 0 fully saturated rings. The first kappa shape index (κ1) is 14.0. The van der Waals surface area contributed by atoms with Crippen molar-refractivity contribution >= 4 is 28.9 Å². The third-order valence-corrected chi connectivity index (χ3v) is 2.72. The van der Waals surface area contributed by atoms with E-state index in [1.165, 1.54) is 6.07 Å². The van der Waals surface area contributed by atoms with Gasteiger partial charge < -0.3 is 5.32 Å². The first-order valence-electron chi connectivity index (χ1n) is 5.48. The summed E-state index contributed by atoms with van der Waals surface area (Å²) < 4.78 is 13.0. The van der Waals surface area contributed by atoms with Crippen LogP contribution in [0.5, 0.6) is 0 Å². The van der Waals surface area contributed by atoms with Gasteiger partial charge in [-0.3, -0.25) is 14.9 Å². The van der Waals surface area contributed by atoms with Crippen LogP contribution in [-0.2, 0) is 0 Å². The minimum Gasteiger partial charge on any atom is -0.322 e. The molecular weight excluding hydrogens is 287 g/mol. The monoisotopic (exact) mass is 294 g/mol. The van der Waals surface area contributed by atoms with Crippen LogP contribution in [-0.4, -0.2) is 10.8 Å². The molecule has 0 aliphatic carbocycles. The third-order valence-electron chi connectivity index (χ3n) is 2.48. The SMILES string of the molecule is O=C(Nc1cccc(Cl)c1)c1ccc(F)cc1[N+](=O)[O-]. The van der Waals surface area contributed by atoms with Crippen LogP contribution in [0.25, 0.3) is 0 Å². The number of anilines is 1. The van der Waals surface area contributed by atoms with Gasteiger partial charge in [-0.05, 0) is 30.3 Å². The zero-order valence-corrected chi connectivity index (χ0v) is 10.7. The molecule has 2 rings (SSSR count). The molecule has 1 N–H and O–H groups in total. The van der Waals surface area contributed by atoms with E-state index in [0.717, 1.165) is 12.1 Å². The number of nitrogens with zero attached hydrogens (tertiary/aromatic N) is 1. The topological polar surface area (TPSA) is 72.2 Å². The second-order valence-electron chi connectivity index (χ2n) is 3.88. The Morgan fingerprint density at radius 1 is 1.25 bits per heavy atom.